The summed E-state index contributed by atoms with van der Waals surface area (Å²) in [5.41, 5.74) is 0.936. The molecule has 1 fully saturated rings. The van der Waals surface area contributed by atoms with Crippen LogP contribution in [0.25, 0.3) is 0 Å². The smallest absolute Gasteiger partial charge is 0.296 e. The zero-order valence-corrected chi connectivity index (χ0v) is 12.1. The fraction of sp³-hybridized carbons (Fsp3) is 0.467. The van der Waals surface area contributed by atoms with Gasteiger partial charge in [-0.05, 0) is 38.1 Å². The number of fused-ring (bicyclic) bond motifs is 1. The molecule has 0 radical (unpaired) electrons. The molecule has 5 nitrogen and oxygen atoms in total. The molecule has 0 aromatic heterocycles. The van der Waals surface area contributed by atoms with E-state index in [1.54, 1.807) is 6.07 Å². The number of rotatable bonds is 3. The van der Waals surface area contributed by atoms with Gasteiger partial charge >= 0.3 is 0 Å². The van der Waals surface area contributed by atoms with Gasteiger partial charge < -0.3 is 15.1 Å². The molecule has 6 heteroatoms. The summed E-state index contributed by atoms with van der Waals surface area (Å²) in [6.45, 7) is 2.82. The average Bonchev–Trinajstić information content (AvgIpc) is 2.95. The molecule has 1 amide bonds. The number of likely N-dealkylation sites (tertiary alicyclic amines) is 1. The average molecular weight is 291 g/mol. The summed E-state index contributed by atoms with van der Waals surface area (Å²) >= 11 is 0. The van der Waals surface area contributed by atoms with Crippen LogP contribution >= 0.6 is 0 Å². The van der Waals surface area contributed by atoms with Crippen molar-refractivity contribution >= 4 is 23.1 Å². The fourth-order valence-electron chi connectivity index (χ4n) is 3.11. The standard InChI is InChI=1S/C15H18FN3O2/c1-18-4-3-9(7-18)8-19(2)13-6-12-10(5-11(13)16)14(20)15(21)17-12/h5-6,9H,3-4,7-8H2,1-2H3,(H,17,20,21). The zero-order chi connectivity index (χ0) is 15.1. The highest BCUT2D eigenvalue weighted by atomic mass is 19.1. The SMILES string of the molecule is CN1CCC(CN(C)c2cc3c(cc2F)C(=O)C(=O)N3)C1. The lowest BCUT2D eigenvalue weighted by molar-refractivity contribution is -0.112. The quantitative estimate of drug-likeness (QED) is 0.854. The van der Waals surface area contributed by atoms with E-state index in [1.165, 1.54) is 0 Å². The Morgan fingerprint density at radius 3 is 2.86 bits per heavy atom. The van der Waals surface area contributed by atoms with Crippen LogP contribution in [0.5, 0.6) is 0 Å². The number of benzene rings is 1. The van der Waals surface area contributed by atoms with Crippen molar-refractivity contribution in [1.82, 2.24) is 4.90 Å². The molecule has 2 heterocycles. The molecule has 2 aliphatic heterocycles. The van der Waals surface area contributed by atoms with E-state index < -0.39 is 17.5 Å². The molecule has 1 aromatic rings. The Labute approximate surface area is 122 Å². The number of ketones is 1. The van der Waals surface area contributed by atoms with Crippen LogP contribution in [0.3, 0.4) is 0 Å². The minimum atomic E-state index is -0.693. The summed E-state index contributed by atoms with van der Waals surface area (Å²) in [6, 6.07) is 2.70. The molecule has 0 saturated carbocycles. The van der Waals surface area contributed by atoms with E-state index in [4.69, 9.17) is 0 Å². The molecule has 0 bridgehead atoms. The maximum atomic E-state index is 14.2. The molecule has 1 atom stereocenters. The van der Waals surface area contributed by atoms with Gasteiger partial charge in [0.05, 0.1) is 16.9 Å². The largest absolute Gasteiger partial charge is 0.372 e. The Kier molecular flexibility index (Phi) is 3.41. The first kappa shape index (κ1) is 14.0. The number of Topliss-reactive ketones (excluding diaryl/α,β-unsaturated/α-hetero) is 1. The van der Waals surface area contributed by atoms with Crippen LogP contribution in [-0.2, 0) is 4.79 Å². The monoisotopic (exact) mass is 291 g/mol. The fourth-order valence-corrected chi connectivity index (χ4v) is 3.11. The molecule has 112 valence electrons. The highest BCUT2D eigenvalue weighted by molar-refractivity contribution is 6.51. The second-order valence-electron chi connectivity index (χ2n) is 5.93. The molecule has 21 heavy (non-hydrogen) atoms. The van der Waals surface area contributed by atoms with Crippen LogP contribution in [0.2, 0.25) is 0 Å². The van der Waals surface area contributed by atoms with Crippen LogP contribution in [0.15, 0.2) is 12.1 Å². The lowest BCUT2D eigenvalue weighted by Crippen LogP contribution is -2.27. The number of carbonyl (C=O) groups is 2. The van der Waals surface area contributed by atoms with Crippen molar-refractivity contribution in [2.24, 2.45) is 5.92 Å². The molecule has 1 N–H and O–H groups in total. The summed E-state index contributed by atoms with van der Waals surface area (Å²) < 4.78 is 14.2. The molecular weight excluding hydrogens is 273 g/mol. The Morgan fingerprint density at radius 2 is 2.19 bits per heavy atom. The number of anilines is 2. The van der Waals surface area contributed by atoms with E-state index in [1.807, 2.05) is 11.9 Å². The number of carbonyl (C=O) groups excluding carboxylic acids is 2. The van der Waals surface area contributed by atoms with Gasteiger partial charge in [-0.15, -0.1) is 0 Å². The number of hydrogen-bond donors (Lipinski definition) is 1. The van der Waals surface area contributed by atoms with Crippen molar-refractivity contribution in [3.63, 3.8) is 0 Å². The number of nitrogens with zero attached hydrogens (tertiary/aromatic N) is 2. The minimum Gasteiger partial charge on any atom is -0.372 e. The van der Waals surface area contributed by atoms with E-state index in [2.05, 4.69) is 17.3 Å². The van der Waals surface area contributed by atoms with Crippen molar-refractivity contribution in [3.8, 4) is 0 Å². The molecule has 1 unspecified atom stereocenters. The third-order valence-electron chi connectivity index (χ3n) is 4.22. The van der Waals surface area contributed by atoms with Gasteiger partial charge in [0.25, 0.3) is 11.7 Å². The molecule has 3 rings (SSSR count). The zero-order valence-electron chi connectivity index (χ0n) is 12.1. The number of hydrogen-bond acceptors (Lipinski definition) is 4. The van der Waals surface area contributed by atoms with Crippen LogP contribution < -0.4 is 10.2 Å². The van der Waals surface area contributed by atoms with E-state index in [0.29, 0.717) is 17.3 Å². The van der Waals surface area contributed by atoms with Gasteiger partial charge in [-0.25, -0.2) is 4.39 Å². The van der Waals surface area contributed by atoms with E-state index in [0.717, 1.165) is 32.1 Å². The van der Waals surface area contributed by atoms with Gasteiger partial charge in [-0.1, -0.05) is 0 Å². The van der Waals surface area contributed by atoms with Gasteiger partial charge in [-0.2, -0.15) is 0 Å². The summed E-state index contributed by atoms with van der Waals surface area (Å²) in [6.07, 6.45) is 1.10. The second kappa shape index (κ2) is 5.11. The maximum Gasteiger partial charge on any atom is 0.296 e. The molecule has 0 aliphatic carbocycles. The highest BCUT2D eigenvalue weighted by Gasteiger charge is 2.30. The van der Waals surface area contributed by atoms with Gasteiger partial charge in [-0.3, -0.25) is 9.59 Å². The Morgan fingerprint density at radius 1 is 1.43 bits per heavy atom. The number of halogens is 1. The lowest BCUT2D eigenvalue weighted by atomic mass is 10.1. The van der Waals surface area contributed by atoms with E-state index in [-0.39, 0.29) is 5.56 Å². The van der Waals surface area contributed by atoms with Crippen LogP contribution in [0.1, 0.15) is 16.8 Å². The van der Waals surface area contributed by atoms with Crippen molar-refractivity contribution in [2.45, 2.75) is 6.42 Å². The van der Waals surface area contributed by atoms with Crippen molar-refractivity contribution in [3.05, 3.63) is 23.5 Å². The van der Waals surface area contributed by atoms with Crippen LogP contribution in [-0.4, -0.2) is 50.3 Å². The van der Waals surface area contributed by atoms with Crippen LogP contribution in [0, 0.1) is 11.7 Å². The van der Waals surface area contributed by atoms with Gasteiger partial charge in [0, 0.05) is 20.1 Å². The third kappa shape index (κ3) is 2.51. The molecule has 1 saturated heterocycles. The normalized spacial score (nSPS) is 21.6. The summed E-state index contributed by atoms with van der Waals surface area (Å²) in [7, 11) is 3.92. The maximum absolute atomic E-state index is 14.2. The molecule has 1 aromatic carbocycles. The Bertz CT molecular complexity index is 617. The predicted molar refractivity (Wildman–Crippen MR) is 78.2 cm³/mol. The number of nitrogens with one attached hydrogen (secondary N) is 1. The lowest BCUT2D eigenvalue weighted by Gasteiger charge is -2.24. The Balaban J connectivity index is 1.81. The first-order valence-electron chi connectivity index (χ1n) is 7.04. The topological polar surface area (TPSA) is 52.7 Å². The van der Waals surface area contributed by atoms with Gasteiger partial charge in [0.2, 0.25) is 0 Å². The second-order valence-corrected chi connectivity index (χ2v) is 5.93. The predicted octanol–water partition coefficient (Wildman–Crippen LogP) is 1.35. The summed E-state index contributed by atoms with van der Waals surface area (Å²) in [5, 5.41) is 2.48. The minimum absolute atomic E-state index is 0.121. The van der Waals surface area contributed by atoms with Gasteiger partial charge in [0.1, 0.15) is 5.82 Å². The van der Waals surface area contributed by atoms with E-state index in [9.17, 15) is 14.0 Å². The Hall–Kier alpha value is -1.95. The summed E-state index contributed by atoms with van der Waals surface area (Å²) in [4.78, 5) is 27.0. The first-order valence-corrected chi connectivity index (χ1v) is 7.04. The van der Waals surface area contributed by atoms with Crippen molar-refractivity contribution in [2.75, 3.05) is 43.9 Å². The number of amides is 1. The molecule has 2 aliphatic rings. The molecular formula is C15H18FN3O2. The van der Waals surface area contributed by atoms with Gasteiger partial charge in [0.15, 0.2) is 0 Å². The summed E-state index contributed by atoms with van der Waals surface area (Å²) in [5.74, 6) is -1.33. The van der Waals surface area contributed by atoms with Crippen molar-refractivity contribution < 1.29 is 14.0 Å². The van der Waals surface area contributed by atoms with Crippen LogP contribution in [0.4, 0.5) is 15.8 Å². The highest BCUT2D eigenvalue weighted by Crippen LogP contribution is 2.31. The van der Waals surface area contributed by atoms with E-state index >= 15 is 0 Å². The van der Waals surface area contributed by atoms with Crippen molar-refractivity contribution in [1.29, 1.82) is 0 Å². The first-order chi connectivity index (χ1) is 9.95. The molecule has 0 spiro atoms. The third-order valence-corrected chi connectivity index (χ3v) is 4.22.